The van der Waals surface area contributed by atoms with E-state index in [1.807, 2.05) is 25.1 Å². The fraction of sp³-hybridized carbons (Fsp3) is 0.435. The number of carbonyl (C=O) groups excluding carboxylic acids is 1. The number of aromatic nitrogens is 1. The number of nitrogens with two attached hydrogens (primary N) is 1. The fourth-order valence-electron chi connectivity index (χ4n) is 3.72. The first kappa shape index (κ1) is 22.5. The molecule has 0 aliphatic carbocycles. The summed E-state index contributed by atoms with van der Waals surface area (Å²) in [6, 6.07) is 9.01. The van der Waals surface area contributed by atoms with Gasteiger partial charge in [0.1, 0.15) is 11.6 Å². The monoisotopic (exact) mass is 426 g/mol. The van der Waals surface area contributed by atoms with Gasteiger partial charge in [0, 0.05) is 43.9 Å². The Morgan fingerprint density at radius 1 is 1.29 bits per heavy atom. The third-order valence-electron chi connectivity index (χ3n) is 5.50. The van der Waals surface area contributed by atoms with Crippen LogP contribution in [0.25, 0.3) is 0 Å². The van der Waals surface area contributed by atoms with Gasteiger partial charge in [-0.05, 0) is 49.9 Å². The molecule has 4 N–H and O–H groups in total. The average molecular weight is 427 g/mol. The van der Waals surface area contributed by atoms with Crippen molar-refractivity contribution < 1.29 is 9.18 Å². The van der Waals surface area contributed by atoms with E-state index in [4.69, 9.17) is 5.73 Å². The molecule has 2 aromatic rings. The van der Waals surface area contributed by atoms with Gasteiger partial charge in [0.2, 0.25) is 5.91 Å². The number of primary amides is 1. The van der Waals surface area contributed by atoms with Gasteiger partial charge in [-0.2, -0.15) is 0 Å². The molecule has 8 heteroatoms. The SMILES string of the molecule is CCNC(=NCc1ccc(F)c(C)c1)NCc1cccnc1N1CCC(C(N)=O)CC1. The highest BCUT2D eigenvalue weighted by Gasteiger charge is 2.24. The molecule has 7 nitrogen and oxygen atoms in total. The summed E-state index contributed by atoms with van der Waals surface area (Å²) in [6.45, 7) is 7.03. The van der Waals surface area contributed by atoms with Gasteiger partial charge in [-0.15, -0.1) is 0 Å². The van der Waals surface area contributed by atoms with Crippen molar-refractivity contribution in [3.63, 3.8) is 0 Å². The van der Waals surface area contributed by atoms with E-state index in [0.717, 1.165) is 49.4 Å². The zero-order valence-corrected chi connectivity index (χ0v) is 18.2. The number of guanidine groups is 1. The summed E-state index contributed by atoms with van der Waals surface area (Å²) in [5, 5.41) is 6.61. The quantitative estimate of drug-likeness (QED) is 0.467. The summed E-state index contributed by atoms with van der Waals surface area (Å²) in [4.78, 5) is 22.9. The fourth-order valence-corrected chi connectivity index (χ4v) is 3.72. The number of carbonyl (C=O) groups is 1. The number of nitrogens with zero attached hydrogens (tertiary/aromatic N) is 3. The molecule has 0 saturated carbocycles. The topological polar surface area (TPSA) is 95.6 Å². The number of amides is 1. The van der Waals surface area contributed by atoms with Gasteiger partial charge < -0.3 is 21.3 Å². The molecule has 1 saturated heterocycles. The van der Waals surface area contributed by atoms with Crippen LogP contribution in [0.1, 0.15) is 36.5 Å². The molecule has 1 aliphatic rings. The molecule has 31 heavy (non-hydrogen) atoms. The normalized spacial score (nSPS) is 15.1. The van der Waals surface area contributed by atoms with Crippen molar-refractivity contribution in [2.75, 3.05) is 24.5 Å². The van der Waals surface area contributed by atoms with E-state index in [-0.39, 0.29) is 17.6 Å². The lowest BCUT2D eigenvalue weighted by Crippen LogP contribution is -2.40. The number of piperidine rings is 1. The highest BCUT2D eigenvalue weighted by Crippen LogP contribution is 2.24. The van der Waals surface area contributed by atoms with Crippen molar-refractivity contribution in [1.82, 2.24) is 15.6 Å². The minimum absolute atomic E-state index is 0.0517. The standard InChI is InChI=1S/C23H31FN6O/c1-3-26-23(28-14-17-6-7-20(24)16(2)13-17)29-15-19-5-4-10-27-22(19)30-11-8-18(9-12-30)21(25)31/h4-7,10,13,18H,3,8-9,11-12,14-15H2,1-2H3,(H2,25,31)(H2,26,28,29). The molecule has 0 spiro atoms. The number of aliphatic imine (C=N–C) groups is 1. The smallest absolute Gasteiger partial charge is 0.220 e. The van der Waals surface area contributed by atoms with E-state index in [1.54, 1.807) is 19.2 Å². The van der Waals surface area contributed by atoms with Crippen LogP contribution in [0.5, 0.6) is 0 Å². The summed E-state index contributed by atoms with van der Waals surface area (Å²) in [5.41, 5.74) is 8.08. The predicted molar refractivity (Wildman–Crippen MR) is 121 cm³/mol. The number of hydrogen-bond donors (Lipinski definition) is 3. The molecule has 1 aromatic heterocycles. The zero-order valence-electron chi connectivity index (χ0n) is 18.2. The van der Waals surface area contributed by atoms with Gasteiger partial charge >= 0.3 is 0 Å². The molecule has 166 valence electrons. The Morgan fingerprint density at radius 3 is 2.74 bits per heavy atom. The number of nitrogens with one attached hydrogen (secondary N) is 2. The van der Waals surface area contributed by atoms with E-state index in [9.17, 15) is 9.18 Å². The van der Waals surface area contributed by atoms with Gasteiger partial charge in [0.05, 0.1) is 6.54 Å². The van der Waals surface area contributed by atoms with Crippen LogP contribution in [-0.4, -0.2) is 36.5 Å². The number of aryl methyl sites for hydroxylation is 1. The molecule has 3 rings (SSSR count). The lowest BCUT2D eigenvalue weighted by atomic mass is 9.96. The lowest BCUT2D eigenvalue weighted by Gasteiger charge is -2.32. The Hall–Kier alpha value is -3.16. The largest absolute Gasteiger partial charge is 0.369 e. The van der Waals surface area contributed by atoms with Gasteiger partial charge in [-0.3, -0.25) is 4.79 Å². The van der Waals surface area contributed by atoms with Crippen molar-refractivity contribution in [3.05, 3.63) is 59.0 Å². The maximum absolute atomic E-state index is 13.5. The Kier molecular flexibility index (Phi) is 7.81. The first-order valence-corrected chi connectivity index (χ1v) is 10.7. The van der Waals surface area contributed by atoms with Crippen LogP contribution in [0, 0.1) is 18.7 Å². The molecule has 1 fully saturated rings. The Morgan fingerprint density at radius 2 is 2.06 bits per heavy atom. The first-order valence-electron chi connectivity index (χ1n) is 10.7. The minimum atomic E-state index is -0.217. The second kappa shape index (κ2) is 10.7. The number of anilines is 1. The van der Waals surface area contributed by atoms with E-state index < -0.39 is 0 Å². The van der Waals surface area contributed by atoms with Gasteiger partial charge in [-0.25, -0.2) is 14.4 Å². The lowest BCUT2D eigenvalue weighted by molar-refractivity contribution is -0.122. The van der Waals surface area contributed by atoms with Crippen molar-refractivity contribution >= 4 is 17.7 Å². The van der Waals surface area contributed by atoms with Crippen LogP contribution in [0.3, 0.4) is 0 Å². The summed E-state index contributed by atoms with van der Waals surface area (Å²) in [5.74, 6) is 1.13. The van der Waals surface area contributed by atoms with Crippen molar-refractivity contribution in [1.29, 1.82) is 0 Å². The highest BCUT2D eigenvalue weighted by atomic mass is 19.1. The van der Waals surface area contributed by atoms with E-state index >= 15 is 0 Å². The molecule has 1 amide bonds. The Balaban J connectivity index is 1.65. The molecular formula is C23H31FN6O. The molecule has 1 aromatic carbocycles. The number of benzene rings is 1. The zero-order chi connectivity index (χ0) is 22.2. The highest BCUT2D eigenvalue weighted by molar-refractivity contribution is 5.80. The van der Waals surface area contributed by atoms with E-state index in [0.29, 0.717) is 24.6 Å². The summed E-state index contributed by atoms with van der Waals surface area (Å²) in [7, 11) is 0. The third kappa shape index (κ3) is 6.16. The Bertz CT molecular complexity index is 924. The van der Waals surface area contributed by atoms with Crippen LogP contribution < -0.4 is 21.3 Å². The molecule has 0 unspecified atom stereocenters. The molecule has 0 atom stereocenters. The number of hydrogen-bond acceptors (Lipinski definition) is 4. The molecular weight excluding hydrogens is 395 g/mol. The van der Waals surface area contributed by atoms with Gasteiger partial charge in [-0.1, -0.05) is 18.2 Å². The van der Waals surface area contributed by atoms with Crippen LogP contribution in [0.4, 0.5) is 10.2 Å². The molecule has 1 aliphatic heterocycles. The van der Waals surface area contributed by atoms with E-state index in [1.165, 1.54) is 6.07 Å². The van der Waals surface area contributed by atoms with Gasteiger partial charge in [0.25, 0.3) is 0 Å². The number of pyridine rings is 1. The second-order valence-electron chi connectivity index (χ2n) is 7.78. The third-order valence-corrected chi connectivity index (χ3v) is 5.50. The predicted octanol–water partition coefficient (Wildman–Crippen LogP) is 2.49. The van der Waals surface area contributed by atoms with Crippen LogP contribution in [-0.2, 0) is 17.9 Å². The van der Waals surface area contributed by atoms with Crippen LogP contribution in [0.15, 0.2) is 41.5 Å². The second-order valence-corrected chi connectivity index (χ2v) is 7.78. The summed E-state index contributed by atoms with van der Waals surface area (Å²) in [6.07, 6.45) is 3.29. The maximum Gasteiger partial charge on any atom is 0.220 e. The van der Waals surface area contributed by atoms with E-state index in [2.05, 4.69) is 25.5 Å². The van der Waals surface area contributed by atoms with Gasteiger partial charge in [0.15, 0.2) is 5.96 Å². The summed E-state index contributed by atoms with van der Waals surface area (Å²) >= 11 is 0. The number of rotatable bonds is 7. The summed E-state index contributed by atoms with van der Waals surface area (Å²) < 4.78 is 13.5. The first-order chi connectivity index (χ1) is 15.0. The average Bonchev–Trinajstić information content (AvgIpc) is 2.78. The van der Waals surface area contributed by atoms with Crippen LogP contribution >= 0.6 is 0 Å². The Labute approximate surface area is 183 Å². The number of halogens is 1. The molecule has 0 bridgehead atoms. The van der Waals surface area contributed by atoms with Crippen LogP contribution in [0.2, 0.25) is 0 Å². The van der Waals surface area contributed by atoms with Crippen molar-refractivity contribution in [2.45, 2.75) is 39.8 Å². The molecule has 2 heterocycles. The van der Waals surface area contributed by atoms with Crippen molar-refractivity contribution in [2.24, 2.45) is 16.6 Å². The minimum Gasteiger partial charge on any atom is -0.369 e. The maximum atomic E-state index is 13.5. The van der Waals surface area contributed by atoms with Crippen molar-refractivity contribution in [3.8, 4) is 0 Å². The molecule has 0 radical (unpaired) electrons.